The molecule has 0 saturated carbocycles. The minimum atomic E-state index is -2.87. The van der Waals surface area contributed by atoms with Crippen molar-refractivity contribution in [1.29, 1.82) is 0 Å². The molecule has 1 rings (SSSR count). The summed E-state index contributed by atoms with van der Waals surface area (Å²) < 4.78 is 28.0. The fraction of sp³-hybridized carbons (Fsp3) is 0.833. The molecule has 1 unspecified atom stereocenters. The van der Waals surface area contributed by atoms with Crippen LogP contribution in [0.2, 0.25) is 0 Å². The van der Waals surface area contributed by atoms with E-state index in [1.165, 1.54) is 0 Å². The van der Waals surface area contributed by atoms with Gasteiger partial charge in [-0.1, -0.05) is 0 Å². The minimum absolute atomic E-state index is 0.434. The third-order valence-corrected chi connectivity index (χ3v) is 1.46. The molecule has 0 aromatic heterocycles. The largest absolute Gasteiger partial charge is 0.370 e. The van der Waals surface area contributed by atoms with Crippen molar-refractivity contribution in [2.24, 2.45) is 0 Å². The highest BCUT2D eigenvalue weighted by Crippen LogP contribution is 2.15. The molecule has 1 saturated heterocycles. The van der Waals surface area contributed by atoms with E-state index >= 15 is 0 Å². The molecule has 0 spiro atoms. The molecule has 1 fully saturated rings. The highest BCUT2D eigenvalue weighted by molar-refractivity contribution is 5.86. The summed E-state index contributed by atoms with van der Waals surface area (Å²) in [6.07, 6.45) is -2.55. The van der Waals surface area contributed by atoms with Crippen LogP contribution in [0, 0.1) is 0 Å². The second kappa shape index (κ2) is 3.05. The van der Waals surface area contributed by atoms with Crippen molar-refractivity contribution >= 4 is 5.78 Å². The maximum atomic E-state index is 11.7. The van der Waals surface area contributed by atoms with Crippen LogP contribution < -0.4 is 0 Å². The van der Waals surface area contributed by atoms with Gasteiger partial charge in [-0.25, -0.2) is 8.78 Å². The van der Waals surface area contributed by atoms with Crippen molar-refractivity contribution in [2.45, 2.75) is 25.4 Å². The molecule has 0 aliphatic carbocycles. The smallest absolute Gasteiger partial charge is 0.298 e. The molecular formula is C6H8F2O2. The van der Waals surface area contributed by atoms with Gasteiger partial charge in [0.1, 0.15) is 6.10 Å². The number of hydrogen-bond donors (Lipinski definition) is 0. The Morgan fingerprint density at radius 2 is 2.30 bits per heavy atom. The fourth-order valence-corrected chi connectivity index (χ4v) is 0.943. The Labute approximate surface area is 57.2 Å². The van der Waals surface area contributed by atoms with E-state index in [1.807, 2.05) is 0 Å². The monoisotopic (exact) mass is 150 g/mol. The predicted molar refractivity (Wildman–Crippen MR) is 30.0 cm³/mol. The van der Waals surface area contributed by atoms with Crippen LogP contribution >= 0.6 is 0 Å². The van der Waals surface area contributed by atoms with E-state index < -0.39 is 18.3 Å². The normalized spacial score (nSPS) is 25.7. The van der Waals surface area contributed by atoms with Crippen molar-refractivity contribution in [3.8, 4) is 0 Å². The van der Waals surface area contributed by atoms with Gasteiger partial charge >= 0.3 is 0 Å². The highest BCUT2D eigenvalue weighted by atomic mass is 19.3. The van der Waals surface area contributed by atoms with E-state index in [4.69, 9.17) is 4.74 Å². The lowest BCUT2D eigenvalue weighted by Gasteiger charge is -2.05. The number of carbonyl (C=O) groups is 1. The maximum Gasteiger partial charge on any atom is 0.298 e. The van der Waals surface area contributed by atoms with E-state index in [2.05, 4.69) is 0 Å². The number of halogens is 2. The van der Waals surface area contributed by atoms with E-state index in [-0.39, 0.29) is 0 Å². The van der Waals surface area contributed by atoms with Crippen molar-refractivity contribution in [3.63, 3.8) is 0 Å². The van der Waals surface area contributed by atoms with Crippen LogP contribution in [-0.4, -0.2) is 24.9 Å². The van der Waals surface area contributed by atoms with Gasteiger partial charge in [-0.3, -0.25) is 4.79 Å². The molecule has 0 amide bonds. The van der Waals surface area contributed by atoms with Crippen LogP contribution in [0.5, 0.6) is 0 Å². The SMILES string of the molecule is O=C(C(F)F)C1CCCO1. The van der Waals surface area contributed by atoms with Gasteiger partial charge in [-0.2, -0.15) is 0 Å². The van der Waals surface area contributed by atoms with E-state index in [0.717, 1.165) is 0 Å². The standard InChI is InChI=1S/C6H8F2O2/c7-6(8)5(9)4-2-1-3-10-4/h4,6H,1-3H2. The zero-order valence-electron chi connectivity index (χ0n) is 5.35. The summed E-state index contributed by atoms with van der Waals surface area (Å²) in [6, 6.07) is 0. The van der Waals surface area contributed by atoms with Crippen LogP contribution in [0.25, 0.3) is 0 Å². The Kier molecular flexibility index (Phi) is 2.32. The van der Waals surface area contributed by atoms with Gasteiger partial charge in [0.2, 0.25) is 5.78 Å². The average molecular weight is 150 g/mol. The second-order valence-corrected chi connectivity index (χ2v) is 2.20. The number of alkyl halides is 2. The van der Waals surface area contributed by atoms with Crippen LogP contribution in [0.4, 0.5) is 8.78 Å². The summed E-state index contributed by atoms with van der Waals surface area (Å²) in [7, 11) is 0. The van der Waals surface area contributed by atoms with Crippen LogP contribution in [0.1, 0.15) is 12.8 Å². The second-order valence-electron chi connectivity index (χ2n) is 2.20. The molecule has 1 atom stereocenters. The lowest BCUT2D eigenvalue weighted by Crippen LogP contribution is -2.25. The molecule has 1 aliphatic rings. The number of hydrogen-bond acceptors (Lipinski definition) is 2. The molecule has 10 heavy (non-hydrogen) atoms. The fourth-order valence-electron chi connectivity index (χ4n) is 0.943. The van der Waals surface area contributed by atoms with Crippen molar-refractivity contribution < 1.29 is 18.3 Å². The summed E-state index contributed by atoms with van der Waals surface area (Å²) in [5.74, 6) is -1.07. The van der Waals surface area contributed by atoms with E-state index in [1.54, 1.807) is 0 Å². The Bertz CT molecular complexity index is 130. The molecule has 0 aromatic carbocycles. The minimum Gasteiger partial charge on any atom is -0.370 e. The van der Waals surface area contributed by atoms with Gasteiger partial charge in [0.15, 0.2) is 0 Å². The van der Waals surface area contributed by atoms with Gasteiger partial charge in [0.25, 0.3) is 6.43 Å². The van der Waals surface area contributed by atoms with Gasteiger partial charge in [-0.05, 0) is 12.8 Å². The van der Waals surface area contributed by atoms with Gasteiger partial charge in [-0.15, -0.1) is 0 Å². The van der Waals surface area contributed by atoms with Gasteiger partial charge < -0.3 is 4.74 Å². The molecule has 0 aromatic rings. The van der Waals surface area contributed by atoms with Crippen molar-refractivity contribution in [1.82, 2.24) is 0 Å². The van der Waals surface area contributed by atoms with E-state index in [9.17, 15) is 13.6 Å². The summed E-state index contributed by atoms with van der Waals surface area (Å²) >= 11 is 0. The molecule has 0 radical (unpaired) electrons. The van der Waals surface area contributed by atoms with Gasteiger partial charge in [0, 0.05) is 6.61 Å². The third kappa shape index (κ3) is 1.50. The summed E-state index contributed by atoms with van der Waals surface area (Å²) in [5, 5.41) is 0. The molecule has 0 bridgehead atoms. The number of ether oxygens (including phenoxy) is 1. The number of ketones is 1. The first-order chi connectivity index (χ1) is 4.72. The Morgan fingerprint density at radius 1 is 1.60 bits per heavy atom. The highest BCUT2D eigenvalue weighted by Gasteiger charge is 2.29. The van der Waals surface area contributed by atoms with Crippen molar-refractivity contribution in [2.75, 3.05) is 6.61 Å². The Morgan fingerprint density at radius 3 is 2.70 bits per heavy atom. The zero-order valence-corrected chi connectivity index (χ0v) is 5.35. The lowest BCUT2D eigenvalue weighted by atomic mass is 10.2. The first-order valence-corrected chi connectivity index (χ1v) is 3.15. The maximum absolute atomic E-state index is 11.7. The van der Waals surface area contributed by atoms with E-state index in [0.29, 0.717) is 19.4 Å². The topological polar surface area (TPSA) is 26.3 Å². The van der Waals surface area contributed by atoms with Crippen LogP contribution in [-0.2, 0) is 9.53 Å². The first-order valence-electron chi connectivity index (χ1n) is 3.15. The molecule has 0 N–H and O–H groups in total. The number of rotatable bonds is 2. The van der Waals surface area contributed by atoms with Gasteiger partial charge in [0.05, 0.1) is 0 Å². The Hall–Kier alpha value is -0.510. The Balaban J connectivity index is 2.40. The first kappa shape index (κ1) is 7.60. The molecular weight excluding hydrogens is 142 g/mol. The number of Topliss-reactive ketones (excluding diaryl/α,β-unsaturated/α-hetero) is 1. The predicted octanol–water partition coefficient (Wildman–Crippen LogP) is 1.000. The molecule has 58 valence electrons. The third-order valence-electron chi connectivity index (χ3n) is 1.46. The zero-order chi connectivity index (χ0) is 7.56. The van der Waals surface area contributed by atoms with Crippen LogP contribution in [0.3, 0.4) is 0 Å². The summed E-state index contributed by atoms with van der Waals surface area (Å²) in [6.45, 7) is 0.434. The van der Waals surface area contributed by atoms with Crippen LogP contribution in [0.15, 0.2) is 0 Å². The molecule has 4 heteroatoms. The molecule has 2 nitrogen and oxygen atoms in total. The summed E-state index contributed by atoms with van der Waals surface area (Å²) in [5.41, 5.74) is 0. The lowest BCUT2D eigenvalue weighted by molar-refractivity contribution is -0.138. The number of carbonyl (C=O) groups excluding carboxylic acids is 1. The molecule has 1 heterocycles. The summed E-state index contributed by atoms with van der Waals surface area (Å²) in [4.78, 5) is 10.5. The average Bonchev–Trinajstić information content (AvgIpc) is 2.36. The van der Waals surface area contributed by atoms with Crippen molar-refractivity contribution in [3.05, 3.63) is 0 Å². The molecule has 1 aliphatic heterocycles. The quantitative estimate of drug-likeness (QED) is 0.587.